The van der Waals surface area contributed by atoms with Crippen LogP contribution in [0, 0.1) is 17.8 Å². The highest BCUT2D eigenvalue weighted by atomic mass is 32.2. The molecule has 47 heavy (non-hydrogen) atoms. The van der Waals surface area contributed by atoms with Gasteiger partial charge in [-0.1, -0.05) is 51.3 Å². The molecule has 11 nitrogen and oxygen atoms in total. The molecule has 2 aliphatic carbocycles. The Labute approximate surface area is 275 Å². The van der Waals surface area contributed by atoms with Gasteiger partial charge in [0, 0.05) is 23.6 Å². The van der Waals surface area contributed by atoms with E-state index in [-0.39, 0.29) is 56.4 Å². The predicted octanol–water partition coefficient (Wildman–Crippen LogP) is 4.04. The van der Waals surface area contributed by atoms with E-state index < -0.39 is 50.9 Å². The molecule has 0 spiro atoms. The van der Waals surface area contributed by atoms with E-state index in [1.807, 2.05) is 24.3 Å². The van der Waals surface area contributed by atoms with Gasteiger partial charge in [-0.05, 0) is 55.9 Å². The fourth-order valence-corrected chi connectivity index (χ4v) is 8.98. The zero-order valence-electron chi connectivity index (χ0n) is 27.3. The van der Waals surface area contributed by atoms with E-state index in [2.05, 4.69) is 28.9 Å². The van der Waals surface area contributed by atoms with Gasteiger partial charge in [0.1, 0.15) is 34.9 Å². The van der Waals surface area contributed by atoms with Crippen molar-refractivity contribution in [2.45, 2.75) is 100 Å². The van der Waals surface area contributed by atoms with Gasteiger partial charge in [0.15, 0.2) is 0 Å². The molecule has 2 N–H and O–H groups in total. The molecule has 2 aromatic rings. The molecule has 2 aliphatic heterocycles. The third-order valence-electron chi connectivity index (χ3n) is 10.6. The Morgan fingerprint density at radius 1 is 1.11 bits per heavy atom. The standard InChI is InChI=1S/C34H45FN4O7S/c1-21-8-4-5-9-23-17-34(23,32(42)38-47(43,44)33(20-35)12-13-33)37-30(41)27-16-24(19-39(27)29(40)15-22(2)14-21)46-31-26-11-7-6-10-25(26)28(45-3)18-36-31/h6-7,10-11,18,21-24,27H,4-5,8-9,12-17,19-20H2,1-3H3,(H,37,41)(H,38,42)/t21-,22+,23+,24?,27-,34+/m0/s1. The van der Waals surface area contributed by atoms with Gasteiger partial charge in [-0.25, -0.2) is 17.8 Å². The Hall–Kier alpha value is -3.48. The number of carbonyl (C=O) groups is 3. The molecule has 1 aromatic carbocycles. The van der Waals surface area contributed by atoms with Gasteiger partial charge in [-0.15, -0.1) is 0 Å². The van der Waals surface area contributed by atoms with E-state index >= 15 is 0 Å². The van der Waals surface area contributed by atoms with Crippen molar-refractivity contribution in [3.63, 3.8) is 0 Å². The summed E-state index contributed by atoms with van der Waals surface area (Å²) in [6.07, 6.45) is 6.23. The zero-order valence-corrected chi connectivity index (χ0v) is 28.1. The molecule has 6 rings (SSSR count). The summed E-state index contributed by atoms with van der Waals surface area (Å²) < 4.78 is 52.1. The highest BCUT2D eigenvalue weighted by Gasteiger charge is 2.64. The molecule has 1 aromatic heterocycles. The zero-order chi connectivity index (χ0) is 33.6. The number of aromatic nitrogens is 1. The number of ether oxygens (including phenoxy) is 2. The second-order valence-electron chi connectivity index (χ2n) is 14.3. The summed E-state index contributed by atoms with van der Waals surface area (Å²) in [5.41, 5.74) is -1.45. The second kappa shape index (κ2) is 12.9. The van der Waals surface area contributed by atoms with Crippen LogP contribution in [0.5, 0.6) is 11.6 Å². The smallest absolute Gasteiger partial charge is 0.259 e. The first-order valence-electron chi connectivity index (χ1n) is 16.7. The van der Waals surface area contributed by atoms with Crippen LogP contribution >= 0.6 is 0 Å². The molecule has 0 bridgehead atoms. The molecule has 0 radical (unpaired) electrons. The number of methoxy groups -OCH3 is 1. The van der Waals surface area contributed by atoms with Crippen molar-refractivity contribution in [2.24, 2.45) is 17.8 Å². The van der Waals surface area contributed by atoms with E-state index in [9.17, 15) is 27.2 Å². The number of nitrogens with one attached hydrogen (secondary N) is 2. The second-order valence-corrected chi connectivity index (χ2v) is 16.3. The Balaban J connectivity index is 1.27. The summed E-state index contributed by atoms with van der Waals surface area (Å²) in [7, 11) is -2.71. The number of hydrogen-bond donors (Lipinski definition) is 2. The maximum Gasteiger partial charge on any atom is 0.259 e. The molecule has 1 unspecified atom stereocenters. The van der Waals surface area contributed by atoms with Gasteiger partial charge in [-0.2, -0.15) is 0 Å². The third-order valence-corrected chi connectivity index (χ3v) is 12.7. The number of hydrogen-bond acceptors (Lipinski definition) is 8. The van der Waals surface area contributed by atoms with Crippen LogP contribution in [0.2, 0.25) is 0 Å². The van der Waals surface area contributed by atoms with E-state index in [0.717, 1.165) is 36.5 Å². The van der Waals surface area contributed by atoms with Gasteiger partial charge >= 0.3 is 0 Å². The number of sulfonamides is 1. The van der Waals surface area contributed by atoms with Crippen LogP contribution in [0.3, 0.4) is 0 Å². The summed E-state index contributed by atoms with van der Waals surface area (Å²) >= 11 is 0. The summed E-state index contributed by atoms with van der Waals surface area (Å²) in [6.45, 7) is 3.31. The molecule has 2 saturated heterocycles. The lowest BCUT2D eigenvalue weighted by Crippen LogP contribution is -2.57. The number of pyridine rings is 1. The van der Waals surface area contributed by atoms with Gasteiger partial charge < -0.3 is 19.7 Å². The Morgan fingerprint density at radius 2 is 1.83 bits per heavy atom. The summed E-state index contributed by atoms with van der Waals surface area (Å²) in [6, 6.07) is 6.58. The number of carbonyl (C=O) groups excluding carboxylic acids is 3. The van der Waals surface area contributed by atoms with Crippen LogP contribution in [0.4, 0.5) is 4.39 Å². The van der Waals surface area contributed by atoms with E-state index in [1.54, 1.807) is 13.3 Å². The van der Waals surface area contributed by atoms with E-state index in [0.29, 0.717) is 24.0 Å². The summed E-state index contributed by atoms with van der Waals surface area (Å²) in [5, 5.41) is 4.44. The molecule has 6 atom stereocenters. The van der Waals surface area contributed by atoms with Crippen molar-refractivity contribution in [2.75, 3.05) is 20.3 Å². The summed E-state index contributed by atoms with van der Waals surface area (Å²) in [4.78, 5) is 47.6. The van der Waals surface area contributed by atoms with E-state index in [1.165, 1.54) is 4.90 Å². The number of fused-ring (bicyclic) bond motifs is 3. The van der Waals surface area contributed by atoms with Crippen molar-refractivity contribution >= 4 is 38.5 Å². The lowest BCUT2D eigenvalue weighted by molar-refractivity contribution is -0.140. The van der Waals surface area contributed by atoms with Crippen LogP contribution in [0.1, 0.15) is 78.1 Å². The molecule has 13 heteroatoms. The van der Waals surface area contributed by atoms with Crippen LogP contribution in [-0.2, 0) is 24.4 Å². The molecular weight excluding hydrogens is 627 g/mol. The van der Waals surface area contributed by atoms with Crippen molar-refractivity contribution in [3.05, 3.63) is 30.5 Å². The topological polar surface area (TPSA) is 144 Å². The van der Waals surface area contributed by atoms with Gasteiger partial charge in [-0.3, -0.25) is 19.1 Å². The fraction of sp³-hybridized carbons (Fsp3) is 0.647. The highest BCUT2D eigenvalue weighted by Crippen LogP contribution is 2.49. The normalized spacial score (nSPS) is 31.1. The number of alkyl halides is 1. The average molecular weight is 673 g/mol. The molecule has 4 fully saturated rings. The Kier molecular flexibility index (Phi) is 9.14. The minimum Gasteiger partial charge on any atom is -0.494 e. The Bertz CT molecular complexity index is 1650. The minimum absolute atomic E-state index is 0.111. The van der Waals surface area contributed by atoms with Gasteiger partial charge in [0.05, 0.1) is 19.9 Å². The maximum absolute atomic E-state index is 14.1. The quantitative estimate of drug-likeness (QED) is 0.449. The number of halogens is 1. The first-order chi connectivity index (χ1) is 22.4. The minimum atomic E-state index is -4.27. The van der Waals surface area contributed by atoms with E-state index in [4.69, 9.17) is 9.47 Å². The Morgan fingerprint density at radius 3 is 2.53 bits per heavy atom. The number of amides is 3. The molecule has 256 valence electrons. The third kappa shape index (κ3) is 6.51. The summed E-state index contributed by atoms with van der Waals surface area (Å²) in [5.74, 6) is -0.355. The highest BCUT2D eigenvalue weighted by molar-refractivity contribution is 7.91. The first-order valence-corrected chi connectivity index (χ1v) is 18.2. The maximum atomic E-state index is 14.1. The van der Waals surface area contributed by atoms with Crippen LogP contribution in [0.15, 0.2) is 30.5 Å². The first kappa shape index (κ1) is 33.4. The monoisotopic (exact) mass is 672 g/mol. The van der Waals surface area contributed by atoms with Crippen LogP contribution in [-0.4, -0.2) is 78.8 Å². The molecule has 2 saturated carbocycles. The van der Waals surface area contributed by atoms with Crippen LogP contribution in [0.25, 0.3) is 10.8 Å². The number of nitrogens with zero attached hydrogens (tertiary/aromatic N) is 2. The molecule has 4 aliphatic rings. The van der Waals surface area contributed by atoms with Crippen molar-refractivity contribution < 1.29 is 36.7 Å². The predicted molar refractivity (Wildman–Crippen MR) is 173 cm³/mol. The SMILES string of the molecule is COc1cnc(OC2C[C@H]3C(=O)N[C@]4(C(=O)NS(=O)(=O)C5(CF)CC5)C[C@H]4CCCC[C@H](C)C[C@@H](C)CC(=O)N3C2)c2ccccc12. The lowest BCUT2D eigenvalue weighted by atomic mass is 9.90. The van der Waals surface area contributed by atoms with Gasteiger partial charge in [0.25, 0.3) is 5.91 Å². The van der Waals surface area contributed by atoms with Crippen molar-refractivity contribution in [3.8, 4) is 11.6 Å². The molecule has 3 amide bonds. The number of benzene rings is 1. The van der Waals surface area contributed by atoms with Gasteiger partial charge in [0.2, 0.25) is 27.7 Å². The fourth-order valence-electron chi connectivity index (χ4n) is 7.55. The van der Waals surface area contributed by atoms with Crippen molar-refractivity contribution in [1.29, 1.82) is 0 Å². The average Bonchev–Trinajstić information content (AvgIpc) is 3.94. The largest absolute Gasteiger partial charge is 0.494 e. The van der Waals surface area contributed by atoms with Crippen molar-refractivity contribution in [1.82, 2.24) is 19.9 Å². The molecular formula is C34H45FN4O7S. The van der Waals surface area contributed by atoms with Crippen LogP contribution < -0.4 is 19.5 Å². The lowest BCUT2D eigenvalue weighted by Gasteiger charge is -2.28. The molecule has 3 heterocycles. The number of rotatable bonds is 7.